The number of nitrogens with zero attached hydrogens (tertiary/aromatic N) is 2. The van der Waals surface area contributed by atoms with Crippen molar-refractivity contribution >= 4 is 11.6 Å². The van der Waals surface area contributed by atoms with Gasteiger partial charge in [0.2, 0.25) is 0 Å². The van der Waals surface area contributed by atoms with Crippen molar-refractivity contribution in [3.05, 3.63) is 87.3 Å². The number of aromatic nitrogens is 2. The van der Waals surface area contributed by atoms with Gasteiger partial charge in [0.1, 0.15) is 5.75 Å². The van der Waals surface area contributed by atoms with Gasteiger partial charge in [-0.1, -0.05) is 54.1 Å². The van der Waals surface area contributed by atoms with E-state index in [2.05, 4.69) is 5.10 Å². The average Bonchev–Trinajstić information content (AvgIpc) is 2.63. The van der Waals surface area contributed by atoms with Crippen molar-refractivity contribution in [1.29, 1.82) is 0 Å². The standard InChI is InChI=1S/C18H16ClN3O2/c19-17-16(24-15-8-6-13(10-20)7-9-15)11-21-22(18(17)23)12-14-4-2-1-3-5-14/h1-9,11H,10,12,20H2. The third kappa shape index (κ3) is 3.64. The van der Waals surface area contributed by atoms with Crippen molar-refractivity contribution in [3.63, 3.8) is 0 Å². The van der Waals surface area contributed by atoms with Gasteiger partial charge in [0, 0.05) is 6.54 Å². The Bertz CT molecular complexity index is 877. The molecule has 0 bridgehead atoms. The molecule has 122 valence electrons. The zero-order chi connectivity index (χ0) is 16.9. The normalized spacial score (nSPS) is 10.6. The minimum atomic E-state index is -0.392. The monoisotopic (exact) mass is 341 g/mol. The summed E-state index contributed by atoms with van der Waals surface area (Å²) in [6.07, 6.45) is 1.45. The van der Waals surface area contributed by atoms with E-state index in [4.69, 9.17) is 22.1 Å². The molecule has 2 aromatic carbocycles. The number of rotatable bonds is 5. The Morgan fingerprint density at radius 2 is 1.75 bits per heavy atom. The lowest BCUT2D eigenvalue weighted by molar-refractivity contribution is 0.470. The lowest BCUT2D eigenvalue weighted by Crippen LogP contribution is -2.23. The van der Waals surface area contributed by atoms with E-state index in [9.17, 15) is 4.79 Å². The van der Waals surface area contributed by atoms with Crippen molar-refractivity contribution < 1.29 is 4.74 Å². The molecule has 2 N–H and O–H groups in total. The molecule has 6 heteroatoms. The molecular formula is C18H16ClN3O2. The van der Waals surface area contributed by atoms with Crippen LogP contribution in [0.25, 0.3) is 0 Å². The van der Waals surface area contributed by atoms with Crippen LogP contribution in [0.15, 0.2) is 65.6 Å². The molecule has 0 fully saturated rings. The molecule has 3 aromatic rings. The summed E-state index contributed by atoms with van der Waals surface area (Å²) in [5, 5.41) is 4.14. The Balaban J connectivity index is 1.83. The fraction of sp³-hybridized carbons (Fsp3) is 0.111. The van der Waals surface area contributed by atoms with Crippen LogP contribution in [-0.4, -0.2) is 9.78 Å². The highest BCUT2D eigenvalue weighted by atomic mass is 35.5. The average molecular weight is 342 g/mol. The van der Waals surface area contributed by atoms with Crippen LogP contribution in [-0.2, 0) is 13.1 Å². The zero-order valence-electron chi connectivity index (χ0n) is 12.9. The molecule has 0 aliphatic rings. The summed E-state index contributed by atoms with van der Waals surface area (Å²) in [6, 6.07) is 16.8. The molecule has 0 saturated carbocycles. The summed E-state index contributed by atoms with van der Waals surface area (Å²) in [7, 11) is 0. The molecule has 0 atom stereocenters. The Labute approximate surface area is 144 Å². The third-order valence-electron chi connectivity index (χ3n) is 3.51. The number of nitrogens with two attached hydrogens (primary N) is 1. The minimum absolute atomic E-state index is 0.00355. The molecule has 0 aliphatic carbocycles. The van der Waals surface area contributed by atoms with Gasteiger partial charge in [-0.15, -0.1) is 0 Å². The van der Waals surface area contributed by atoms with Crippen LogP contribution >= 0.6 is 11.6 Å². The van der Waals surface area contributed by atoms with E-state index in [0.717, 1.165) is 11.1 Å². The molecule has 3 rings (SSSR count). The lowest BCUT2D eigenvalue weighted by atomic mass is 10.2. The molecule has 5 nitrogen and oxygen atoms in total. The molecule has 0 aliphatic heterocycles. The van der Waals surface area contributed by atoms with Gasteiger partial charge in [0.15, 0.2) is 10.8 Å². The Morgan fingerprint density at radius 3 is 2.42 bits per heavy atom. The van der Waals surface area contributed by atoms with Gasteiger partial charge >= 0.3 is 0 Å². The second-order valence-electron chi connectivity index (χ2n) is 5.22. The van der Waals surface area contributed by atoms with Gasteiger partial charge in [0.25, 0.3) is 5.56 Å². The molecule has 1 aromatic heterocycles. The van der Waals surface area contributed by atoms with Crippen LogP contribution in [0, 0.1) is 0 Å². The first kappa shape index (κ1) is 16.2. The predicted molar refractivity (Wildman–Crippen MR) is 93.5 cm³/mol. The van der Waals surface area contributed by atoms with E-state index in [1.165, 1.54) is 10.9 Å². The van der Waals surface area contributed by atoms with E-state index in [0.29, 0.717) is 18.8 Å². The van der Waals surface area contributed by atoms with E-state index in [1.807, 2.05) is 42.5 Å². The van der Waals surface area contributed by atoms with Gasteiger partial charge in [-0.25, -0.2) is 4.68 Å². The lowest BCUT2D eigenvalue weighted by Gasteiger charge is -2.10. The van der Waals surface area contributed by atoms with Crippen molar-refractivity contribution in [1.82, 2.24) is 9.78 Å². The predicted octanol–water partition coefficient (Wildman–Crippen LogP) is 3.20. The third-order valence-corrected chi connectivity index (χ3v) is 3.86. The smallest absolute Gasteiger partial charge is 0.289 e. The topological polar surface area (TPSA) is 70.1 Å². The number of benzene rings is 2. The van der Waals surface area contributed by atoms with Crippen LogP contribution in [0.4, 0.5) is 0 Å². The largest absolute Gasteiger partial charge is 0.454 e. The molecule has 0 spiro atoms. The first-order chi connectivity index (χ1) is 11.7. The molecule has 0 amide bonds. The number of hydrogen-bond donors (Lipinski definition) is 1. The highest BCUT2D eigenvalue weighted by Crippen LogP contribution is 2.25. The fourth-order valence-corrected chi connectivity index (χ4v) is 2.40. The SMILES string of the molecule is NCc1ccc(Oc2cnn(Cc3ccccc3)c(=O)c2Cl)cc1. The summed E-state index contributed by atoms with van der Waals surface area (Å²) in [6.45, 7) is 0.809. The first-order valence-electron chi connectivity index (χ1n) is 7.44. The van der Waals surface area contributed by atoms with E-state index in [-0.39, 0.29) is 10.8 Å². The summed E-state index contributed by atoms with van der Waals surface area (Å²) in [4.78, 5) is 12.4. The maximum absolute atomic E-state index is 12.4. The van der Waals surface area contributed by atoms with Crippen molar-refractivity contribution in [2.45, 2.75) is 13.1 Å². The van der Waals surface area contributed by atoms with Gasteiger partial charge in [0.05, 0.1) is 12.7 Å². The second-order valence-corrected chi connectivity index (χ2v) is 5.60. The van der Waals surface area contributed by atoms with E-state index in [1.54, 1.807) is 12.1 Å². The van der Waals surface area contributed by atoms with Gasteiger partial charge in [-0.2, -0.15) is 5.10 Å². The molecule has 0 radical (unpaired) electrons. The number of halogens is 1. The minimum Gasteiger partial charge on any atom is -0.454 e. The fourth-order valence-electron chi connectivity index (χ4n) is 2.21. The second kappa shape index (κ2) is 7.29. The van der Waals surface area contributed by atoms with Crippen LogP contribution in [0.1, 0.15) is 11.1 Å². The summed E-state index contributed by atoms with van der Waals surface area (Å²) < 4.78 is 6.95. The Morgan fingerprint density at radius 1 is 1.04 bits per heavy atom. The van der Waals surface area contributed by atoms with Crippen molar-refractivity contribution in [2.24, 2.45) is 5.73 Å². The highest BCUT2D eigenvalue weighted by molar-refractivity contribution is 6.31. The van der Waals surface area contributed by atoms with Crippen LogP contribution in [0.5, 0.6) is 11.5 Å². The van der Waals surface area contributed by atoms with E-state index < -0.39 is 5.56 Å². The quantitative estimate of drug-likeness (QED) is 0.773. The van der Waals surface area contributed by atoms with Gasteiger partial charge in [-0.05, 0) is 23.3 Å². The maximum Gasteiger partial charge on any atom is 0.289 e. The highest BCUT2D eigenvalue weighted by Gasteiger charge is 2.11. The molecule has 0 saturated heterocycles. The van der Waals surface area contributed by atoms with Crippen molar-refractivity contribution in [3.8, 4) is 11.5 Å². The zero-order valence-corrected chi connectivity index (χ0v) is 13.6. The van der Waals surface area contributed by atoms with Crippen LogP contribution in [0.2, 0.25) is 5.02 Å². The first-order valence-corrected chi connectivity index (χ1v) is 7.81. The van der Waals surface area contributed by atoms with Crippen LogP contribution in [0.3, 0.4) is 0 Å². The maximum atomic E-state index is 12.4. The number of ether oxygens (including phenoxy) is 1. The van der Waals surface area contributed by atoms with Gasteiger partial charge in [-0.3, -0.25) is 4.79 Å². The molecule has 1 heterocycles. The molecular weight excluding hydrogens is 326 g/mol. The molecule has 24 heavy (non-hydrogen) atoms. The Hall–Kier alpha value is -2.63. The van der Waals surface area contributed by atoms with Gasteiger partial charge < -0.3 is 10.5 Å². The van der Waals surface area contributed by atoms with Crippen LogP contribution < -0.4 is 16.0 Å². The van der Waals surface area contributed by atoms with E-state index >= 15 is 0 Å². The summed E-state index contributed by atoms with van der Waals surface area (Å²) in [5.74, 6) is 0.794. The number of hydrogen-bond acceptors (Lipinski definition) is 4. The van der Waals surface area contributed by atoms with Crippen molar-refractivity contribution in [2.75, 3.05) is 0 Å². The molecule has 0 unspecified atom stereocenters. The Kier molecular flexibility index (Phi) is 4.93. The summed E-state index contributed by atoms with van der Waals surface area (Å²) in [5.41, 5.74) is 7.13. The summed E-state index contributed by atoms with van der Waals surface area (Å²) >= 11 is 6.15.